The van der Waals surface area contributed by atoms with E-state index in [0.29, 0.717) is 22.9 Å². The van der Waals surface area contributed by atoms with Gasteiger partial charge in [0.25, 0.3) is 0 Å². The van der Waals surface area contributed by atoms with E-state index in [1.807, 2.05) is 49.4 Å². The van der Waals surface area contributed by atoms with Crippen LogP contribution < -0.4 is 11.0 Å². The van der Waals surface area contributed by atoms with Crippen molar-refractivity contribution in [3.63, 3.8) is 0 Å². The topological polar surface area (TPSA) is 94.2 Å². The number of carbonyl (C=O) groups is 1. The van der Waals surface area contributed by atoms with Crippen LogP contribution in [0, 0.1) is 6.92 Å². The molecule has 0 atom stereocenters. The minimum absolute atomic E-state index is 0.184. The smallest absolute Gasteiger partial charge is 0.324 e. The lowest BCUT2D eigenvalue weighted by Gasteiger charge is -2.09. The summed E-state index contributed by atoms with van der Waals surface area (Å²) in [5, 5.41) is 7.18. The van der Waals surface area contributed by atoms with Crippen molar-refractivity contribution < 1.29 is 4.79 Å². The van der Waals surface area contributed by atoms with E-state index in [1.54, 1.807) is 19.2 Å². The molecule has 4 aromatic rings. The van der Waals surface area contributed by atoms with Gasteiger partial charge in [0.15, 0.2) is 5.65 Å². The van der Waals surface area contributed by atoms with Gasteiger partial charge in [-0.15, -0.1) is 5.10 Å². The molecule has 0 aliphatic rings. The van der Waals surface area contributed by atoms with E-state index in [9.17, 15) is 9.59 Å². The van der Waals surface area contributed by atoms with Crippen LogP contribution in [0.2, 0.25) is 0 Å². The summed E-state index contributed by atoms with van der Waals surface area (Å²) in [6, 6.07) is 14.8. The Morgan fingerprint density at radius 3 is 2.66 bits per heavy atom. The molecule has 0 aliphatic heterocycles. The first-order chi connectivity index (χ1) is 14.1. The average molecular weight is 388 g/mol. The van der Waals surface area contributed by atoms with E-state index in [4.69, 9.17) is 0 Å². The molecule has 3 aromatic heterocycles. The molecule has 0 aliphatic carbocycles. The SMILES string of the molecule is CCc1ccccc1NC(=O)Cn1nc2cc(-c3ccccn3)nc(C)n2c1=O. The maximum absolute atomic E-state index is 12.7. The molecular weight excluding hydrogens is 368 g/mol. The number of anilines is 1. The van der Waals surface area contributed by atoms with Gasteiger partial charge in [0.2, 0.25) is 5.91 Å². The number of rotatable bonds is 5. The number of nitrogens with zero attached hydrogens (tertiary/aromatic N) is 5. The monoisotopic (exact) mass is 388 g/mol. The molecule has 29 heavy (non-hydrogen) atoms. The Morgan fingerprint density at radius 2 is 1.90 bits per heavy atom. The largest absolute Gasteiger partial charge is 0.352 e. The first-order valence-corrected chi connectivity index (χ1v) is 9.33. The lowest BCUT2D eigenvalue weighted by atomic mass is 10.1. The minimum atomic E-state index is -0.406. The fraction of sp³-hybridized carbons (Fsp3) is 0.190. The van der Waals surface area contributed by atoms with Gasteiger partial charge in [-0.25, -0.2) is 18.9 Å². The van der Waals surface area contributed by atoms with Crippen LogP contribution in [-0.4, -0.2) is 30.1 Å². The number of amides is 1. The highest BCUT2D eigenvalue weighted by atomic mass is 16.2. The van der Waals surface area contributed by atoms with Crippen LogP contribution in [0.5, 0.6) is 0 Å². The highest BCUT2D eigenvalue weighted by Crippen LogP contribution is 2.17. The fourth-order valence-corrected chi connectivity index (χ4v) is 3.23. The molecule has 146 valence electrons. The number of pyridine rings is 1. The van der Waals surface area contributed by atoms with Crippen molar-refractivity contribution in [3.8, 4) is 11.4 Å². The second-order valence-electron chi connectivity index (χ2n) is 6.60. The van der Waals surface area contributed by atoms with E-state index < -0.39 is 5.69 Å². The van der Waals surface area contributed by atoms with Gasteiger partial charge in [0.05, 0.1) is 11.4 Å². The standard InChI is InChI=1S/C21H20N6O2/c1-3-15-8-4-5-9-16(15)24-20(28)13-26-21(29)27-14(2)23-18(12-19(27)25-26)17-10-6-7-11-22-17/h4-12H,3,13H2,1-2H3,(H,24,28). The van der Waals surface area contributed by atoms with Gasteiger partial charge in [-0.05, 0) is 37.1 Å². The molecule has 0 saturated carbocycles. The summed E-state index contributed by atoms with van der Waals surface area (Å²) < 4.78 is 2.54. The quantitative estimate of drug-likeness (QED) is 0.567. The van der Waals surface area contributed by atoms with Gasteiger partial charge in [0, 0.05) is 18.0 Å². The van der Waals surface area contributed by atoms with Crippen molar-refractivity contribution >= 4 is 17.2 Å². The Balaban J connectivity index is 1.64. The van der Waals surface area contributed by atoms with E-state index in [0.717, 1.165) is 22.4 Å². The van der Waals surface area contributed by atoms with E-state index >= 15 is 0 Å². The number of aromatic nitrogens is 5. The molecule has 1 aromatic carbocycles. The lowest BCUT2D eigenvalue weighted by molar-refractivity contribution is -0.117. The summed E-state index contributed by atoms with van der Waals surface area (Å²) >= 11 is 0. The maximum atomic E-state index is 12.7. The number of aryl methyl sites for hydroxylation is 2. The molecule has 3 heterocycles. The number of nitrogens with one attached hydrogen (secondary N) is 1. The molecule has 0 spiro atoms. The van der Waals surface area contributed by atoms with Gasteiger partial charge >= 0.3 is 5.69 Å². The lowest BCUT2D eigenvalue weighted by Crippen LogP contribution is -2.29. The first kappa shape index (κ1) is 18.5. The minimum Gasteiger partial charge on any atom is -0.324 e. The van der Waals surface area contributed by atoms with E-state index in [2.05, 4.69) is 20.4 Å². The molecule has 0 bridgehead atoms. The molecule has 0 saturated heterocycles. The van der Waals surface area contributed by atoms with Crippen molar-refractivity contribution in [2.75, 3.05) is 5.32 Å². The average Bonchev–Trinajstić information content (AvgIpc) is 3.04. The van der Waals surface area contributed by atoms with Crippen LogP contribution in [0.4, 0.5) is 5.69 Å². The van der Waals surface area contributed by atoms with E-state index in [1.165, 1.54) is 4.40 Å². The van der Waals surface area contributed by atoms with Crippen LogP contribution in [0.1, 0.15) is 18.3 Å². The first-order valence-electron chi connectivity index (χ1n) is 9.33. The molecule has 8 nitrogen and oxygen atoms in total. The predicted octanol–water partition coefficient (Wildman–Crippen LogP) is 2.46. The van der Waals surface area contributed by atoms with Crippen LogP contribution in [0.3, 0.4) is 0 Å². The summed E-state index contributed by atoms with van der Waals surface area (Å²) in [4.78, 5) is 34.0. The van der Waals surface area contributed by atoms with Gasteiger partial charge in [-0.1, -0.05) is 31.2 Å². The van der Waals surface area contributed by atoms with Crippen molar-refractivity contribution in [1.82, 2.24) is 24.1 Å². The van der Waals surface area contributed by atoms with Crippen molar-refractivity contribution in [2.45, 2.75) is 26.8 Å². The molecular formula is C21H20N6O2. The van der Waals surface area contributed by atoms with Gasteiger partial charge in [-0.3, -0.25) is 9.78 Å². The summed E-state index contributed by atoms with van der Waals surface area (Å²) in [7, 11) is 0. The number of para-hydroxylation sites is 1. The third kappa shape index (κ3) is 3.64. The van der Waals surface area contributed by atoms with E-state index in [-0.39, 0.29) is 12.5 Å². The Bertz CT molecular complexity index is 1240. The Hall–Kier alpha value is -3.81. The third-order valence-corrected chi connectivity index (χ3v) is 4.63. The zero-order valence-corrected chi connectivity index (χ0v) is 16.2. The number of fused-ring (bicyclic) bond motifs is 1. The molecule has 8 heteroatoms. The third-order valence-electron chi connectivity index (χ3n) is 4.63. The molecule has 4 rings (SSSR count). The molecule has 1 amide bonds. The summed E-state index contributed by atoms with van der Waals surface area (Å²) in [5.41, 5.74) is 3.10. The highest BCUT2D eigenvalue weighted by Gasteiger charge is 2.15. The summed E-state index contributed by atoms with van der Waals surface area (Å²) in [6.07, 6.45) is 2.48. The number of carbonyl (C=O) groups excluding carboxylic acids is 1. The molecule has 0 unspecified atom stereocenters. The van der Waals surface area contributed by atoms with Crippen LogP contribution in [-0.2, 0) is 17.8 Å². The normalized spacial score (nSPS) is 11.0. The zero-order chi connectivity index (χ0) is 20.4. The Kier molecular flexibility index (Phi) is 4.90. The maximum Gasteiger partial charge on any atom is 0.352 e. The highest BCUT2D eigenvalue weighted by molar-refractivity contribution is 5.91. The van der Waals surface area contributed by atoms with Gasteiger partial charge in [0.1, 0.15) is 12.4 Å². The van der Waals surface area contributed by atoms with Crippen molar-refractivity contribution in [2.24, 2.45) is 0 Å². The Labute approximate surface area is 166 Å². The van der Waals surface area contributed by atoms with Crippen LogP contribution in [0.25, 0.3) is 17.0 Å². The number of benzene rings is 1. The number of hydrogen-bond acceptors (Lipinski definition) is 5. The Morgan fingerprint density at radius 1 is 1.10 bits per heavy atom. The zero-order valence-electron chi connectivity index (χ0n) is 16.2. The van der Waals surface area contributed by atoms with Crippen LogP contribution >= 0.6 is 0 Å². The molecule has 1 N–H and O–H groups in total. The second kappa shape index (κ2) is 7.67. The predicted molar refractivity (Wildman–Crippen MR) is 110 cm³/mol. The molecule has 0 radical (unpaired) electrons. The van der Waals surface area contributed by atoms with Gasteiger partial charge < -0.3 is 5.32 Å². The van der Waals surface area contributed by atoms with Gasteiger partial charge in [-0.2, -0.15) is 0 Å². The fourth-order valence-electron chi connectivity index (χ4n) is 3.23. The number of hydrogen-bond donors (Lipinski definition) is 1. The van der Waals surface area contributed by atoms with Crippen LogP contribution in [0.15, 0.2) is 59.5 Å². The summed E-state index contributed by atoms with van der Waals surface area (Å²) in [5.74, 6) is 0.170. The van der Waals surface area contributed by atoms with Crippen molar-refractivity contribution in [3.05, 3.63) is 76.6 Å². The molecule has 0 fully saturated rings. The van der Waals surface area contributed by atoms with Crippen molar-refractivity contribution in [1.29, 1.82) is 0 Å². The summed E-state index contributed by atoms with van der Waals surface area (Å²) in [6.45, 7) is 3.56. The second-order valence-corrected chi connectivity index (χ2v) is 6.60.